The van der Waals surface area contributed by atoms with E-state index in [0.717, 1.165) is 30.0 Å². The van der Waals surface area contributed by atoms with Gasteiger partial charge in [0.25, 0.3) is 0 Å². The van der Waals surface area contributed by atoms with Crippen molar-refractivity contribution in [2.75, 3.05) is 18.4 Å². The van der Waals surface area contributed by atoms with Gasteiger partial charge in [-0.3, -0.25) is 9.36 Å². The quantitative estimate of drug-likeness (QED) is 0.496. The first-order valence-corrected chi connectivity index (χ1v) is 12.5. The summed E-state index contributed by atoms with van der Waals surface area (Å²) >= 11 is 0. The van der Waals surface area contributed by atoms with Gasteiger partial charge in [0.05, 0.1) is 24.0 Å². The number of aromatic nitrogens is 2. The van der Waals surface area contributed by atoms with Crippen LogP contribution in [0.4, 0.5) is 28.4 Å². The number of aryl methyl sites for hydroxylation is 1. The van der Waals surface area contributed by atoms with Crippen molar-refractivity contribution in [1.29, 1.82) is 0 Å². The molecule has 4 amide bonds. The van der Waals surface area contributed by atoms with Crippen LogP contribution in [0.1, 0.15) is 41.5 Å². The van der Waals surface area contributed by atoms with E-state index in [1.807, 2.05) is 4.90 Å². The number of carbonyl (C=O) groups excluding carboxylic acids is 3. The van der Waals surface area contributed by atoms with Gasteiger partial charge in [0.15, 0.2) is 0 Å². The number of nitrogens with one attached hydrogen (secondary N) is 2. The highest BCUT2D eigenvalue weighted by molar-refractivity contribution is 5.94. The lowest BCUT2D eigenvalue weighted by Gasteiger charge is -2.37. The molecule has 2 aliphatic rings. The van der Waals surface area contributed by atoms with Crippen LogP contribution in [0, 0.1) is 6.92 Å². The van der Waals surface area contributed by atoms with E-state index in [1.54, 1.807) is 52.9 Å². The summed E-state index contributed by atoms with van der Waals surface area (Å²) in [6.07, 6.45) is -1.60. The normalized spacial score (nSPS) is 16.7. The molecular formula is C27H27F3N6O3. The zero-order valence-electron chi connectivity index (χ0n) is 21.1. The van der Waals surface area contributed by atoms with Crippen LogP contribution < -0.4 is 10.6 Å². The van der Waals surface area contributed by atoms with Crippen LogP contribution in [-0.4, -0.2) is 56.5 Å². The number of anilines is 1. The molecule has 1 atom stereocenters. The first kappa shape index (κ1) is 26.3. The van der Waals surface area contributed by atoms with Crippen molar-refractivity contribution in [3.8, 4) is 0 Å². The summed E-state index contributed by atoms with van der Waals surface area (Å²) in [7, 11) is 0. The van der Waals surface area contributed by atoms with E-state index in [2.05, 4.69) is 15.6 Å². The first-order valence-electron chi connectivity index (χ1n) is 12.5. The largest absolute Gasteiger partial charge is 0.416 e. The van der Waals surface area contributed by atoms with Crippen molar-refractivity contribution in [2.45, 2.75) is 44.6 Å². The Labute approximate surface area is 222 Å². The Hall–Kier alpha value is -4.35. The molecule has 3 heterocycles. The number of fused-ring (bicyclic) bond motifs is 1. The topological polar surface area (TPSA) is 99.6 Å². The van der Waals surface area contributed by atoms with Crippen LogP contribution in [-0.2, 0) is 17.5 Å². The van der Waals surface area contributed by atoms with E-state index in [4.69, 9.17) is 0 Å². The molecule has 0 saturated carbocycles. The number of hydrogen-bond donors (Lipinski definition) is 2. The third-order valence-corrected chi connectivity index (χ3v) is 7.12. The summed E-state index contributed by atoms with van der Waals surface area (Å²) in [5.74, 6) is 0.345. The number of imidazole rings is 1. The van der Waals surface area contributed by atoms with E-state index < -0.39 is 23.8 Å². The Morgan fingerprint density at radius 3 is 2.31 bits per heavy atom. The van der Waals surface area contributed by atoms with Gasteiger partial charge in [-0.15, -0.1) is 0 Å². The van der Waals surface area contributed by atoms with Crippen LogP contribution >= 0.6 is 0 Å². The van der Waals surface area contributed by atoms with Gasteiger partial charge in [-0.05, 0) is 49.6 Å². The maximum absolute atomic E-state index is 13.6. The standard InChI is InChI=1S/C27H27F3N6O3/c1-17-31-15-22-16-35(26(39)36(17)22)21-11-13-34(14-12-21)24(37)23(18-5-3-2-4-6-18)33-25(38)32-20-9-7-19(8-10-20)27(28,29)30/h2-10,15,21,23H,11-14,16H2,1H3,(H2,32,33,38). The highest BCUT2D eigenvalue weighted by Gasteiger charge is 2.38. The van der Waals surface area contributed by atoms with E-state index in [1.165, 1.54) is 0 Å². The Balaban J connectivity index is 1.23. The number of likely N-dealkylation sites (tertiary alicyclic amines) is 1. The lowest BCUT2D eigenvalue weighted by atomic mass is 10.0. The molecule has 204 valence electrons. The van der Waals surface area contributed by atoms with E-state index in [0.29, 0.717) is 43.9 Å². The SMILES string of the molecule is Cc1ncc2n1C(=O)N(C1CCN(C(=O)C(NC(=O)Nc3ccc(C(F)(F)F)cc3)c3ccccc3)CC1)C2. The van der Waals surface area contributed by atoms with Gasteiger partial charge in [0.2, 0.25) is 5.91 Å². The summed E-state index contributed by atoms with van der Waals surface area (Å²) in [6.45, 7) is 3.09. The minimum Gasteiger partial charge on any atom is -0.340 e. The van der Waals surface area contributed by atoms with E-state index in [-0.39, 0.29) is 23.7 Å². The van der Waals surface area contributed by atoms with Gasteiger partial charge < -0.3 is 20.4 Å². The Morgan fingerprint density at radius 1 is 1.03 bits per heavy atom. The molecule has 5 rings (SSSR count). The molecule has 0 bridgehead atoms. The van der Waals surface area contributed by atoms with Gasteiger partial charge in [-0.2, -0.15) is 13.2 Å². The highest BCUT2D eigenvalue weighted by atomic mass is 19.4. The second-order valence-electron chi connectivity index (χ2n) is 9.62. The van der Waals surface area contributed by atoms with Crippen LogP contribution in [0.15, 0.2) is 60.8 Å². The molecule has 1 aromatic heterocycles. The number of nitrogens with zero attached hydrogens (tertiary/aromatic N) is 4. The number of rotatable bonds is 5. The van der Waals surface area contributed by atoms with Crippen molar-refractivity contribution < 1.29 is 27.6 Å². The minimum atomic E-state index is -4.48. The lowest BCUT2D eigenvalue weighted by molar-refractivity contribution is -0.137. The van der Waals surface area contributed by atoms with Gasteiger partial charge in [-0.25, -0.2) is 14.6 Å². The predicted molar refractivity (Wildman–Crippen MR) is 136 cm³/mol. The minimum absolute atomic E-state index is 0.0213. The van der Waals surface area contributed by atoms with Crippen molar-refractivity contribution in [1.82, 2.24) is 24.7 Å². The smallest absolute Gasteiger partial charge is 0.340 e. The fourth-order valence-electron chi connectivity index (χ4n) is 5.07. The Bertz CT molecular complexity index is 1370. The fraction of sp³-hybridized carbons (Fsp3) is 0.333. The Morgan fingerprint density at radius 2 is 1.69 bits per heavy atom. The number of urea groups is 1. The summed E-state index contributed by atoms with van der Waals surface area (Å²) in [5.41, 5.74) is 0.754. The molecule has 0 aliphatic carbocycles. The lowest BCUT2D eigenvalue weighted by Crippen LogP contribution is -2.50. The molecule has 3 aromatic rings. The van der Waals surface area contributed by atoms with Crippen molar-refractivity contribution in [3.63, 3.8) is 0 Å². The zero-order chi connectivity index (χ0) is 27.7. The maximum atomic E-state index is 13.6. The second-order valence-corrected chi connectivity index (χ2v) is 9.62. The summed E-state index contributed by atoms with van der Waals surface area (Å²) in [5, 5.41) is 5.17. The monoisotopic (exact) mass is 540 g/mol. The molecule has 39 heavy (non-hydrogen) atoms. The molecule has 0 spiro atoms. The van der Waals surface area contributed by atoms with Crippen LogP contribution in [0.2, 0.25) is 0 Å². The van der Waals surface area contributed by atoms with Gasteiger partial charge in [0, 0.05) is 24.8 Å². The molecule has 0 radical (unpaired) electrons. The Kier molecular flexibility index (Phi) is 7.02. The maximum Gasteiger partial charge on any atom is 0.416 e. The zero-order valence-corrected chi connectivity index (χ0v) is 21.1. The number of carbonyl (C=O) groups is 3. The average Bonchev–Trinajstić information content (AvgIpc) is 3.46. The molecule has 2 aromatic carbocycles. The van der Waals surface area contributed by atoms with Gasteiger partial charge in [0.1, 0.15) is 11.9 Å². The van der Waals surface area contributed by atoms with Crippen molar-refractivity contribution >= 4 is 23.7 Å². The number of piperidine rings is 1. The van der Waals surface area contributed by atoms with Gasteiger partial charge >= 0.3 is 18.2 Å². The average molecular weight is 541 g/mol. The number of alkyl halides is 3. The summed E-state index contributed by atoms with van der Waals surface area (Å²) in [6, 6.07) is 11.0. The molecule has 2 N–H and O–H groups in total. The van der Waals surface area contributed by atoms with Crippen molar-refractivity contribution in [3.05, 3.63) is 83.4 Å². The van der Waals surface area contributed by atoms with E-state index >= 15 is 0 Å². The van der Waals surface area contributed by atoms with Crippen LogP contribution in [0.3, 0.4) is 0 Å². The first-order chi connectivity index (χ1) is 18.6. The predicted octanol–water partition coefficient (Wildman–Crippen LogP) is 4.55. The number of halogens is 3. The highest BCUT2D eigenvalue weighted by Crippen LogP contribution is 2.30. The third kappa shape index (κ3) is 5.45. The molecule has 1 fully saturated rings. The van der Waals surface area contributed by atoms with Crippen LogP contribution in [0.5, 0.6) is 0 Å². The fourth-order valence-corrected chi connectivity index (χ4v) is 5.07. The molecule has 2 aliphatic heterocycles. The van der Waals surface area contributed by atoms with Crippen LogP contribution in [0.25, 0.3) is 0 Å². The molecule has 1 saturated heterocycles. The van der Waals surface area contributed by atoms with Crippen molar-refractivity contribution in [2.24, 2.45) is 0 Å². The third-order valence-electron chi connectivity index (χ3n) is 7.12. The second kappa shape index (κ2) is 10.4. The van der Waals surface area contributed by atoms with Gasteiger partial charge in [-0.1, -0.05) is 30.3 Å². The summed E-state index contributed by atoms with van der Waals surface area (Å²) < 4.78 is 40.1. The number of hydrogen-bond acceptors (Lipinski definition) is 4. The molecule has 1 unspecified atom stereocenters. The number of amides is 4. The molecule has 9 nitrogen and oxygen atoms in total. The molecule has 12 heteroatoms. The number of benzene rings is 2. The summed E-state index contributed by atoms with van der Waals surface area (Å²) in [4.78, 5) is 46.9. The van der Waals surface area contributed by atoms with E-state index in [9.17, 15) is 27.6 Å². The molecular weight excluding hydrogens is 513 g/mol.